The van der Waals surface area contributed by atoms with Crippen LogP contribution in [-0.2, 0) is 9.59 Å². The molecule has 0 radical (unpaired) electrons. The van der Waals surface area contributed by atoms with Crippen LogP contribution in [0.3, 0.4) is 0 Å². The molecule has 0 unspecified atom stereocenters. The van der Waals surface area contributed by atoms with Crippen LogP contribution < -0.4 is 21.0 Å². The third-order valence-corrected chi connectivity index (χ3v) is 5.29. The molecular formula is C27H20N4O5. The fraction of sp³-hybridized carbons (Fsp3) is 0.0741. The summed E-state index contributed by atoms with van der Waals surface area (Å²) in [5.74, 6) is 0.186. The number of nitrogens with one attached hydrogen (secondary N) is 2. The van der Waals surface area contributed by atoms with E-state index in [2.05, 4.69) is 20.6 Å². The van der Waals surface area contributed by atoms with Crippen molar-refractivity contribution in [1.29, 1.82) is 0 Å². The maximum absolute atomic E-state index is 12.7. The molecule has 36 heavy (non-hydrogen) atoms. The van der Waals surface area contributed by atoms with Crippen molar-refractivity contribution in [1.82, 2.24) is 9.97 Å². The van der Waals surface area contributed by atoms with E-state index in [-0.39, 0.29) is 29.6 Å². The van der Waals surface area contributed by atoms with Crippen LogP contribution >= 0.6 is 0 Å². The molecule has 0 saturated carbocycles. The number of rotatable bonds is 6. The summed E-state index contributed by atoms with van der Waals surface area (Å²) in [6.07, 6.45) is 0. The summed E-state index contributed by atoms with van der Waals surface area (Å²) in [6, 6.07) is 23.0. The van der Waals surface area contributed by atoms with Crippen LogP contribution in [0.5, 0.6) is 5.75 Å². The molecule has 0 aliphatic heterocycles. The lowest BCUT2D eigenvalue weighted by Crippen LogP contribution is -2.20. The van der Waals surface area contributed by atoms with E-state index in [1.165, 1.54) is 6.92 Å². The van der Waals surface area contributed by atoms with Crippen molar-refractivity contribution in [3.63, 3.8) is 0 Å². The average Bonchev–Trinajstić information content (AvgIpc) is 2.88. The first-order valence-corrected chi connectivity index (χ1v) is 11.1. The van der Waals surface area contributed by atoms with Crippen molar-refractivity contribution in [2.75, 3.05) is 17.2 Å². The van der Waals surface area contributed by atoms with Gasteiger partial charge in [0.1, 0.15) is 16.7 Å². The van der Waals surface area contributed by atoms with Gasteiger partial charge in [0, 0.05) is 23.6 Å². The quantitative estimate of drug-likeness (QED) is 0.273. The maximum atomic E-state index is 12.7. The van der Waals surface area contributed by atoms with Gasteiger partial charge in [-0.2, -0.15) is 0 Å². The number of hydrogen-bond acceptors (Lipinski definition) is 7. The summed E-state index contributed by atoms with van der Waals surface area (Å²) in [7, 11) is 0. The Kier molecular flexibility index (Phi) is 6.10. The van der Waals surface area contributed by atoms with Gasteiger partial charge in [0.2, 0.25) is 5.91 Å². The number of nitrogens with zero attached hydrogens (tertiary/aromatic N) is 2. The Morgan fingerprint density at radius 2 is 1.61 bits per heavy atom. The molecule has 3 aromatic carbocycles. The minimum Gasteiger partial charge on any atom is -0.484 e. The summed E-state index contributed by atoms with van der Waals surface area (Å²) < 4.78 is 11.0. The Hall–Kier alpha value is -5.05. The average molecular weight is 480 g/mol. The molecule has 2 amide bonds. The number of carbonyl (C=O) groups is 2. The summed E-state index contributed by atoms with van der Waals surface area (Å²) in [5, 5.41) is 6.08. The fourth-order valence-electron chi connectivity index (χ4n) is 3.71. The van der Waals surface area contributed by atoms with Crippen molar-refractivity contribution in [2.24, 2.45) is 0 Å². The summed E-state index contributed by atoms with van der Waals surface area (Å²) in [4.78, 5) is 45.7. The Morgan fingerprint density at radius 3 is 2.36 bits per heavy atom. The van der Waals surface area contributed by atoms with Crippen molar-refractivity contribution < 1.29 is 18.7 Å². The van der Waals surface area contributed by atoms with Crippen LogP contribution in [0.25, 0.3) is 33.3 Å². The van der Waals surface area contributed by atoms with Gasteiger partial charge in [0.15, 0.2) is 18.2 Å². The Morgan fingerprint density at radius 1 is 0.889 bits per heavy atom. The van der Waals surface area contributed by atoms with E-state index < -0.39 is 5.63 Å². The maximum Gasteiger partial charge on any atom is 0.349 e. The third-order valence-electron chi connectivity index (χ3n) is 5.29. The number of amides is 2. The zero-order chi connectivity index (χ0) is 25.1. The summed E-state index contributed by atoms with van der Waals surface area (Å²) in [5.41, 5.74) is 1.42. The second-order valence-corrected chi connectivity index (χ2v) is 7.91. The molecule has 178 valence electrons. The van der Waals surface area contributed by atoms with E-state index in [1.54, 1.807) is 54.6 Å². The molecule has 0 aliphatic rings. The molecule has 0 fully saturated rings. The number of anilines is 2. The number of fused-ring (bicyclic) bond motifs is 3. The molecule has 2 aromatic heterocycles. The van der Waals surface area contributed by atoms with E-state index in [1.807, 2.05) is 24.3 Å². The molecular weight excluding hydrogens is 460 g/mol. The smallest absolute Gasteiger partial charge is 0.349 e. The van der Waals surface area contributed by atoms with E-state index >= 15 is 0 Å². The highest BCUT2D eigenvalue weighted by molar-refractivity contribution is 6.08. The highest BCUT2D eigenvalue weighted by Crippen LogP contribution is 2.29. The largest absolute Gasteiger partial charge is 0.484 e. The monoisotopic (exact) mass is 480 g/mol. The third kappa shape index (κ3) is 4.76. The summed E-state index contributed by atoms with van der Waals surface area (Å²) in [6.45, 7) is 1.17. The second-order valence-electron chi connectivity index (χ2n) is 7.91. The molecule has 0 aliphatic carbocycles. The molecule has 5 rings (SSSR count). The molecule has 5 aromatic rings. The van der Waals surface area contributed by atoms with Gasteiger partial charge in [0.05, 0.1) is 5.52 Å². The minimum absolute atomic E-state index is 0.0694. The Labute approximate surface area is 204 Å². The zero-order valence-corrected chi connectivity index (χ0v) is 19.1. The molecule has 0 bridgehead atoms. The minimum atomic E-state index is -0.642. The van der Waals surface area contributed by atoms with Crippen LogP contribution in [0.2, 0.25) is 0 Å². The van der Waals surface area contributed by atoms with E-state index in [9.17, 15) is 14.4 Å². The highest BCUT2D eigenvalue weighted by atomic mass is 16.5. The number of carbonyl (C=O) groups excluding carboxylic acids is 2. The first-order chi connectivity index (χ1) is 17.5. The number of benzene rings is 3. The predicted octanol–water partition coefficient (Wildman–Crippen LogP) is 4.38. The van der Waals surface area contributed by atoms with Gasteiger partial charge in [-0.25, -0.2) is 14.8 Å². The number of para-hydroxylation sites is 2. The van der Waals surface area contributed by atoms with Gasteiger partial charge in [-0.1, -0.05) is 30.3 Å². The van der Waals surface area contributed by atoms with Crippen LogP contribution in [0, 0.1) is 0 Å². The van der Waals surface area contributed by atoms with Crippen molar-refractivity contribution in [3.8, 4) is 17.1 Å². The molecule has 0 spiro atoms. The Balaban J connectivity index is 1.44. The van der Waals surface area contributed by atoms with Gasteiger partial charge in [-0.05, 0) is 48.5 Å². The first-order valence-electron chi connectivity index (χ1n) is 11.1. The van der Waals surface area contributed by atoms with Crippen LogP contribution in [0.1, 0.15) is 6.92 Å². The van der Waals surface area contributed by atoms with Crippen molar-refractivity contribution >= 4 is 45.2 Å². The summed E-state index contributed by atoms with van der Waals surface area (Å²) >= 11 is 0. The van der Waals surface area contributed by atoms with E-state index in [0.717, 1.165) is 0 Å². The SMILES string of the molecule is CC(=O)Nc1nc(-c2ccc(OCC(=O)Nc3ccccc3)cc2)nc2c1c(=O)oc1ccccc12. The molecule has 0 atom stereocenters. The molecule has 0 saturated heterocycles. The van der Waals surface area contributed by atoms with Crippen molar-refractivity contribution in [3.05, 3.63) is 89.3 Å². The van der Waals surface area contributed by atoms with Gasteiger partial charge >= 0.3 is 5.63 Å². The first kappa shape index (κ1) is 22.7. The standard InChI is InChI=1S/C27H20N4O5/c1-16(32)28-26-23-24(20-9-5-6-10-21(20)36-27(23)34)30-25(31-26)17-11-13-19(14-12-17)35-15-22(33)29-18-7-3-2-4-8-18/h2-14H,15H2,1H3,(H,29,33)(H,28,30,31,32). The van der Waals surface area contributed by atoms with E-state index in [4.69, 9.17) is 9.15 Å². The van der Waals surface area contributed by atoms with Crippen molar-refractivity contribution in [2.45, 2.75) is 6.92 Å². The lowest BCUT2D eigenvalue weighted by atomic mass is 10.1. The Bertz CT molecular complexity index is 1650. The number of aromatic nitrogens is 2. The van der Waals surface area contributed by atoms with E-state index in [0.29, 0.717) is 39.3 Å². The number of hydrogen-bond donors (Lipinski definition) is 2. The van der Waals surface area contributed by atoms with Gasteiger partial charge < -0.3 is 19.8 Å². The lowest BCUT2D eigenvalue weighted by molar-refractivity contribution is -0.118. The van der Waals surface area contributed by atoms with Gasteiger partial charge in [-0.15, -0.1) is 0 Å². The van der Waals surface area contributed by atoms with Gasteiger partial charge in [0.25, 0.3) is 5.91 Å². The fourth-order valence-corrected chi connectivity index (χ4v) is 3.71. The molecule has 9 heteroatoms. The topological polar surface area (TPSA) is 123 Å². The predicted molar refractivity (Wildman–Crippen MR) is 136 cm³/mol. The number of ether oxygens (including phenoxy) is 1. The zero-order valence-electron chi connectivity index (χ0n) is 19.1. The normalized spacial score (nSPS) is 10.8. The molecule has 9 nitrogen and oxygen atoms in total. The van der Waals surface area contributed by atoms with Gasteiger partial charge in [-0.3, -0.25) is 9.59 Å². The second kappa shape index (κ2) is 9.67. The lowest BCUT2D eigenvalue weighted by Gasteiger charge is -2.11. The molecule has 2 N–H and O–H groups in total. The van der Waals surface area contributed by atoms with Crippen LogP contribution in [-0.4, -0.2) is 28.4 Å². The molecule has 2 heterocycles. The van der Waals surface area contributed by atoms with Crippen LogP contribution in [0.15, 0.2) is 88.1 Å². The van der Waals surface area contributed by atoms with Crippen LogP contribution in [0.4, 0.5) is 11.5 Å². The highest BCUT2D eigenvalue weighted by Gasteiger charge is 2.18.